The summed E-state index contributed by atoms with van der Waals surface area (Å²) >= 11 is 1.64. The monoisotopic (exact) mass is 195 g/mol. The molecule has 0 unspecified atom stereocenters. The average molecular weight is 195 g/mol. The van der Waals surface area contributed by atoms with E-state index in [0.29, 0.717) is 6.10 Å². The van der Waals surface area contributed by atoms with Gasteiger partial charge >= 0.3 is 0 Å². The molecule has 0 radical (unpaired) electrons. The molecule has 0 atom stereocenters. The van der Waals surface area contributed by atoms with Gasteiger partial charge in [0.25, 0.3) is 0 Å². The van der Waals surface area contributed by atoms with Crippen LogP contribution in [0.15, 0.2) is 17.3 Å². The van der Waals surface area contributed by atoms with Crippen LogP contribution in [0.2, 0.25) is 0 Å². The van der Waals surface area contributed by atoms with E-state index in [1.165, 1.54) is 12.8 Å². The maximum absolute atomic E-state index is 5.74. The number of nitrogens with zero attached hydrogens (tertiary/aromatic N) is 1. The quantitative estimate of drug-likeness (QED) is 0.692. The van der Waals surface area contributed by atoms with Crippen LogP contribution in [0.3, 0.4) is 0 Å². The highest BCUT2D eigenvalue weighted by atomic mass is 32.2. The average Bonchev–Trinajstić information content (AvgIpc) is 2.89. The van der Waals surface area contributed by atoms with Crippen molar-refractivity contribution in [2.45, 2.75) is 30.9 Å². The molecule has 0 amide bonds. The molecule has 2 nitrogen and oxygen atoms in total. The number of hydrogen-bond donors (Lipinski definition) is 0. The Morgan fingerprint density at radius 3 is 2.92 bits per heavy atom. The van der Waals surface area contributed by atoms with E-state index in [4.69, 9.17) is 4.74 Å². The number of aromatic nitrogens is 1. The molecule has 13 heavy (non-hydrogen) atoms. The molecular weight excluding hydrogens is 182 g/mol. The van der Waals surface area contributed by atoms with Gasteiger partial charge in [-0.1, -0.05) is 0 Å². The Morgan fingerprint density at radius 2 is 2.31 bits per heavy atom. The molecule has 0 N–H and O–H groups in total. The zero-order valence-corrected chi connectivity index (χ0v) is 8.73. The molecule has 1 fully saturated rings. The normalized spacial score (nSPS) is 15.8. The Morgan fingerprint density at radius 1 is 1.54 bits per heavy atom. The molecule has 0 aromatic carbocycles. The van der Waals surface area contributed by atoms with Crippen molar-refractivity contribution < 1.29 is 4.74 Å². The van der Waals surface area contributed by atoms with Gasteiger partial charge < -0.3 is 4.74 Å². The summed E-state index contributed by atoms with van der Waals surface area (Å²) in [5.74, 6) is 0.954. The highest BCUT2D eigenvalue weighted by Gasteiger charge is 2.24. The van der Waals surface area contributed by atoms with Crippen LogP contribution in [0, 0.1) is 6.92 Å². The predicted molar refractivity (Wildman–Crippen MR) is 54.4 cm³/mol. The van der Waals surface area contributed by atoms with Crippen LogP contribution in [-0.4, -0.2) is 17.3 Å². The van der Waals surface area contributed by atoms with Crippen LogP contribution in [0.1, 0.15) is 18.4 Å². The van der Waals surface area contributed by atoms with Gasteiger partial charge in [0.1, 0.15) is 5.03 Å². The topological polar surface area (TPSA) is 22.1 Å². The maximum Gasteiger partial charge on any atom is 0.152 e. The van der Waals surface area contributed by atoms with E-state index in [9.17, 15) is 0 Å². The highest BCUT2D eigenvalue weighted by molar-refractivity contribution is 7.98. The predicted octanol–water partition coefficient (Wildman–Crippen LogP) is 2.65. The number of aryl methyl sites for hydroxylation is 1. The fourth-order valence-electron chi connectivity index (χ4n) is 1.13. The van der Waals surface area contributed by atoms with Gasteiger partial charge in [-0.15, -0.1) is 11.8 Å². The van der Waals surface area contributed by atoms with E-state index in [0.717, 1.165) is 16.3 Å². The summed E-state index contributed by atoms with van der Waals surface area (Å²) in [5.41, 5.74) is 1.16. The lowest BCUT2D eigenvalue weighted by atomic mass is 10.3. The summed E-state index contributed by atoms with van der Waals surface area (Å²) in [6, 6.07) is 2.07. The molecule has 1 saturated carbocycles. The van der Waals surface area contributed by atoms with Gasteiger partial charge in [0.15, 0.2) is 5.75 Å². The SMILES string of the molecule is CSc1ncc(C)cc1OC1CC1. The lowest BCUT2D eigenvalue weighted by molar-refractivity contribution is 0.293. The van der Waals surface area contributed by atoms with Crippen molar-refractivity contribution in [3.05, 3.63) is 17.8 Å². The van der Waals surface area contributed by atoms with Gasteiger partial charge in [-0.2, -0.15) is 0 Å². The molecule has 70 valence electrons. The second-order valence-corrected chi connectivity index (χ2v) is 4.13. The third-order valence-electron chi connectivity index (χ3n) is 1.97. The molecule has 1 aliphatic rings. The molecule has 0 spiro atoms. The summed E-state index contributed by atoms with van der Waals surface area (Å²) in [5, 5.41) is 0.998. The summed E-state index contributed by atoms with van der Waals surface area (Å²) < 4.78 is 5.74. The Hall–Kier alpha value is -0.700. The van der Waals surface area contributed by atoms with Gasteiger partial charge in [0.2, 0.25) is 0 Å². The van der Waals surface area contributed by atoms with E-state index in [-0.39, 0.29) is 0 Å². The highest BCUT2D eigenvalue weighted by Crippen LogP contribution is 2.32. The molecule has 1 aliphatic carbocycles. The van der Waals surface area contributed by atoms with Crippen LogP contribution in [-0.2, 0) is 0 Å². The van der Waals surface area contributed by atoms with Crippen molar-refractivity contribution in [3.8, 4) is 5.75 Å². The molecule has 2 rings (SSSR count). The zero-order valence-electron chi connectivity index (χ0n) is 7.91. The van der Waals surface area contributed by atoms with Crippen LogP contribution >= 0.6 is 11.8 Å². The van der Waals surface area contributed by atoms with Crippen LogP contribution < -0.4 is 4.74 Å². The molecule has 1 heterocycles. The standard InChI is InChI=1S/C10H13NOS/c1-7-5-9(12-8-3-4-8)10(13-2)11-6-7/h5-6,8H,3-4H2,1-2H3. The van der Waals surface area contributed by atoms with Gasteiger partial charge in [-0.25, -0.2) is 4.98 Å². The van der Waals surface area contributed by atoms with Crippen molar-refractivity contribution in [2.75, 3.05) is 6.26 Å². The number of ether oxygens (including phenoxy) is 1. The number of thioether (sulfide) groups is 1. The number of rotatable bonds is 3. The van der Waals surface area contributed by atoms with E-state index < -0.39 is 0 Å². The van der Waals surface area contributed by atoms with Crippen LogP contribution in [0.25, 0.3) is 0 Å². The van der Waals surface area contributed by atoms with Crippen molar-refractivity contribution >= 4 is 11.8 Å². The molecular formula is C10H13NOS. The van der Waals surface area contributed by atoms with Gasteiger partial charge in [0, 0.05) is 6.20 Å². The summed E-state index contributed by atoms with van der Waals surface area (Å²) in [7, 11) is 0. The van der Waals surface area contributed by atoms with Crippen molar-refractivity contribution in [1.29, 1.82) is 0 Å². The molecule has 0 bridgehead atoms. The minimum Gasteiger partial charge on any atom is -0.488 e. The van der Waals surface area contributed by atoms with Crippen LogP contribution in [0.4, 0.5) is 0 Å². The molecule has 0 saturated heterocycles. The second kappa shape index (κ2) is 3.58. The third-order valence-corrected chi connectivity index (χ3v) is 2.66. The summed E-state index contributed by atoms with van der Waals surface area (Å²) in [6.07, 6.45) is 6.75. The number of hydrogen-bond acceptors (Lipinski definition) is 3. The smallest absolute Gasteiger partial charge is 0.152 e. The van der Waals surface area contributed by atoms with Gasteiger partial charge in [-0.3, -0.25) is 0 Å². The first-order chi connectivity index (χ1) is 6.29. The summed E-state index contributed by atoms with van der Waals surface area (Å²) in [6.45, 7) is 2.04. The summed E-state index contributed by atoms with van der Waals surface area (Å²) in [4.78, 5) is 4.32. The Kier molecular flexibility index (Phi) is 2.44. The zero-order chi connectivity index (χ0) is 9.26. The lowest BCUT2D eigenvalue weighted by Crippen LogP contribution is -1.98. The van der Waals surface area contributed by atoms with E-state index in [2.05, 4.69) is 11.1 Å². The second-order valence-electron chi connectivity index (χ2n) is 3.34. The van der Waals surface area contributed by atoms with Gasteiger partial charge in [-0.05, 0) is 37.7 Å². The third kappa shape index (κ3) is 2.15. The molecule has 1 aromatic rings. The molecule has 0 aliphatic heterocycles. The largest absolute Gasteiger partial charge is 0.488 e. The van der Waals surface area contributed by atoms with E-state index in [1.807, 2.05) is 19.4 Å². The van der Waals surface area contributed by atoms with Gasteiger partial charge in [0.05, 0.1) is 6.10 Å². The molecule has 1 aromatic heterocycles. The minimum atomic E-state index is 0.453. The van der Waals surface area contributed by atoms with Crippen molar-refractivity contribution in [1.82, 2.24) is 4.98 Å². The molecule has 3 heteroatoms. The van der Waals surface area contributed by atoms with E-state index >= 15 is 0 Å². The van der Waals surface area contributed by atoms with Crippen molar-refractivity contribution in [2.24, 2.45) is 0 Å². The first-order valence-electron chi connectivity index (χ1n) is 4.47. The van der Waals surface area contributed by atoms with Crippen molar-refractivity contribution in [3.63, 3.8) is 0 Å². The Labute approximate surface area is 82.7 Å². The number of pyridine rings is 1. The maximum atomic E-state index is 5.74. The fraction of sp³-hybridized carbons (Fsp3) is 0.500. The Balaban J connectivity index is 2.22. The first kappa shape index (κ1) is 8.88. The Bertz CT molecular complexity index is 310. The lowest BCUT2D eigenvalue weighted by Gasteiger charge is -2.08. The van der Waals surface area contributed by atoms with E-state index in [1.54, 1.807) is 11.8 Å². The first-order valence-corrected chi connectivity index (χ1v) is 5.69. The minimum absolute atomic E-state index is 0.453. The van der Waals surface area contributed by atoms with Crippen LogP contribution in [0.5, 0.6) is 5.75 Å². The fourth-order valence-corrected chi connectivity index (χ4v) is 1.60.